The van der Waals surface area contributed by atoms with Crippen LogP contribution in [0.15, 0.2) is 29.9 Å². The third-order valence-corrected chi connectivity index (χ3v) is 0.836. The quantitative estimate of drug-likeness (QED) is 0.270. The smallest absolute Gasteiger partial charge is 0.101 e. The molecule has 10 heavy (non-hydrogen) atoms. The minimum Gasteiger partial charge on any atom is -0.297 e. The number of hydrogen-bond acceptors (Lipinski definition) is 2. The Labute approximate surface area is 61.7 Å². The second-order valence-corrected chi connectivity index (χ2v) is 1.70. The van der Waals surface area contributed by atoms with E-state index in [4.69, 9.17) is 0 Å². The average Bonchev–Trinajstić information content (AvgIpc) is 1.97. The van der Waals surface area contributed by atoms with Crippen molar-refractivity contribution in [1.29, 1.82) is 0 Å². The van der Waals surface area contributed by atoms with Crippen LogP contribution < -0.4 is 5.43 Å². The summed E-state index contributed by atoms with van der Waals surface area (Å²) in [6, 6.07) is 0. The van der Waals surface area contributed by atoms with Gasteiger partial charge in [-0.3, -0.25) is 15.4 Å². The second kappa shape index (κ2) is 5.88. The van der Waals surface area contributed by atoms with E-state index in [1.807, 2.05) is 19.3 Å². The topological polar surface area (TPSA) is 27.6 Å². The van der Waals surface area contributed by atoms with Crippen molar-refractivity contribution in [2.45, 2.75) is 0 Å². The van der Waals surface area contributed by atoms with Gasteiger partial charge in [-0.1, -0.05) is 12.7 Å². The van der Waals surface area contributed by atoms with Crippen molar-refractivity contribution in [3.63, 3.8) is 0 Å². The maximum atomic E-state index is 3.75. The molecule has 0 aliphatic rings. The fourth-order valence-corrected chi connectivity index (χ4v) is 0.382. The summed E-state index contributed by atoms with van der Waals surface area (Å²) in [5.41, 5.74) is 2.87. The molecule has 0 heterocycles. The van der Waals surface area contributed by atoms with Crippen LogP contribution in [0.5, 0.6) is 0 Å². The highest BCUT2D eigenvalue weighted by atomic mass is 15.5. The van der Waals surface area contributed by atoms with Crippen LogP contribution in [0, 0.1) is 0 Å². The molecule has 0 aromatic carbocycles. The molecule has 0 saturated heterocycles. The van der Waals surface area contributed by atoms with E-state index in [0.717, 1.165) is 0 Å². The molecule has 0 radical (unpaired) electrons. The lowest BCUT2D eigenvalue weighted by atomic mass is 10.6. The summed E-state index contributed by atoms with van der Waals surface area (Å²) < 4.78 is 0. The number of rotatable bonds is 4. The zero-order valence-electron chi connectivity index (χ0n) is 6.41. The average molecular weight is 139 g/mol. The Bertz CT molecular complexity index is 138. The van der Waals surface area contributed by atoms with Gasteiger partial charge in [-0.15, -0.1) is 0 Å². The Morgan fingerprint density at radius 2 is 2.30 bits per heavy atom. The van der Waals surface area contributed by atoms with E-state index in [1.165, 1.54) is 0 Å². The first kappa shape index (κ1) is 8.75. The van der Waals surface area contributed by atoms with E-state index in [1.54, 1.807) is 24.5 Å². The van der Waals surface area contributed by atoms with Gasteiger partial charge in [0.2, 0.25) is 0 Å². The molecule has 0 aliphatic heterocycles. The van der Waals surface area contributed by atoms with Gasteiger partial charge in [0.25, 0.3) is 0 Å². The zero-order chi connectivity index (χ0) is 7.82. The standard InChI is InChI=1S/C7H13N3/c1-4-5-6-10(3)9-7-8-2/h4-7H,1H2,2-3H3,(H,8,9)/b6-5-. The number of hydrazine groups is 1. The molecule has 0 rings (SSSR count). The van der Waals surface area contributed by atoms with Crippen LogP contribution in [-0.4, -0.2) is 25.4 Å². The molecule has 0 aliphatic carbocycles. The van der Waals surface area contributed by atoms with Crippen molar-refractivity contribution < 1.29 is 0 Å². The zero-order valence-corrected chi connectivity index (χ0v) is 6.41. The Hall–Kier alpha value is -1.25. The van der Waals surface area contributed by atoms with E-state index >= 15 is 0 Å². The first-order valence-electron chi connectivity index (χ1n) is 3.00. The molecule has 0 atom stereocenters. The van der Waals surface area contributed by atoms with Crippen LogP contribution in [-0.2, 0) is 0 Å². The molecule has 3 nitrogen and oxygen atoms in total. The predicted molar refractivity (Wildman–Crippen MR) is 44.7 cm³/mol. The molecule has 3 heteroatoms. The van der Waals surface area contributed by atoms with Gasteiger partial charge in [0.05, 0.1) is 0 Å². The van der Waals surface area contributed by atoms with Gasteiger partial charge in [0.1, 0.15) is 6.34 Å². The summed E-state index contributed by atoms with van der Waals surface area (Å²) in [5, 5.41) is 1.77. The Balaban J connectivity index is 3.51. The van der Waals surface area contributed by atoms with E-state index in [-0.39, 0.29) is 0 Å². The normalized spacial score (nSPS) is 10.6. The van der Waals surface area contributed by atoms with Gasteiger partial charge in [-0.2, -0.15) is 0 Å². The van der Waals surface area contributed by atoms with Crippen LogP contribution >= 0.6 is 0 Å². The molecule has 0 amide bonds. The van der Waals surface area contributed by atoms with Crippen LogP contribution in [0.2, 0.25) is 0 Å². The van der Waals surface area contributed by atoms with E-state index in [0.29, 0.717) is 0 Å². The first-order valence-corrected chi connectivity index (χ1v) is 3.00. The fraction of sp³-hybridized carbons (Fsp3) is 0.286. The summed E-state index contributed by atoms with van der Waals surface area (Å²) in [4.78, 5) is 3.75. The lowest BCUT2D eigenvalue weighted by molar-refractivity contribution is 0.414. The number of aliphatic imine (C=N–C) groups is 1. The first-order chi connectivity index (χ1) is 4.81. The van der Waals surface area contributed by atoms with Gasteiger partial charge in [0.15, 0.2) is 0 Å². The molecule has 0 aromatic heterocycles. The van der Waals surface area contributed by atoms with Crippen molar-refractivity contribution in [2.75, 3.05) is 14.1 Å². The number of nitrogens with zero attached hydrogens (tertiary/aromatic N) is 2. The minimum absolute atomic E-state index is 1.60. The third-order valence-electron chi connectivity index (χ3n) is 0.836. The Morgan fingerprint density at radius 1 is 1.60 bits per heavy atom. The number of hydrogen-bond donors (Lipinski definition) is 1. The molecular weight excluding hydrogens is 126 g/mol. The Kier molecular flexibility index (Phi) is 5.14. The molecular formula is C7H13N3. The summed E-state index contributed by atoms with van der Waals surface area (Å²) in [7, 11) is 3.58. The monoisotopic (exact) mass is 139 g/mol. The van der Waals surface area contributed by atoms with Crippen LogP contribution in [0.4, 0.5) is 0 Å². The van der Waals surface area contributed by atoms with E-state index in [9.17, 15) is 0 Å². The second-order valence-electron chi connectivity index (χ2n) is 1.70. The summed E-state index contributed by atoms with van der Waals surface area (Å²) in [6.45, 7) is 3.54. The summed E-state index contributed by atoms with van der Waals surface area (Å²) in [6.07, 6.45) is 6.99. The van der Waals surface area contributed by atoms with Gasteiger partial charge in [0, 0.05) is 20.3 Å². The van der Waals surface area contributed by atoms with E-state index in [2.05, 4.69) is 17.0 Å². The molecule has 0 aromatic rings. The van der Waals surface area contributed by atoms with Crippen molar-refractivity contribution >= 4 is 6.34 Å². The lowest BCUT2D eigenvalue weighted by Gasteiger charge is -2.11. The maximum Gasteiger partial charge on any atom is 0.101 e. The van der Waals surface area contributed by atoms with E-state index < -0.39 is 0 Å². The highest BCUT2D eigenvalue weighted by molar-refractivity contribution is 5.53. The molecule has 0 fully saturated rings. The summed E-state index contributed by atoms with van der Waals surface area (Å²) >= 11 is 0. The SMILES string of the molecule is C=C/C=C\N(C)N/C=N\C. The van der Waals surface area contributed by atoms with Crippen LogP contribution in [0.3, 0.4) is 0 Å². The van der Waals surface area contributed by atoms with Crippen molar-refractivity contribution in [1.82, 2.24) is 10.4 Å². The van der Waals surface area contributed by atoms with Gasteiger partial charge in [-0.05, 0) is 6.08 Å². The molecule has 0 saturated carbocycles. The number of nitrogens with one attached hydrogen (secondary N) is 1. The summed E-state index contributed by atoms with van der Waals surface area (Å²) in [5.74, 6) is 0. The minimum atomic E-state index is 1.60. The third kappa shape index (κ3) is 4.90. The van der Waals surface area contributed by atoms with Gasteiger partial charge >= 0.3 is 0 Å². The lowest BCUT2D eigenvalue weighted by Crippen LogP contribution is -2.27. The van der Waals surface area contributed by atoms with Crippen molar-refractivity contribution in [2.24, 2.45) is 4.99 Å². The van der Waals surface area contributed by atoms with Crippen molar-refractivity contribution in [3.8, 4) is 0 Å². The Morgan fingerprint density at radius 3 is 2.80 bits per heavy atom. The van der Waals surface area contributed by atoms with Gasteiger partial charge < -0.3 is 0 Å². The molecule has 0 bridgehead atoms. The molecule has 56 valence electrons. The van der Waals surface area contributed by atoms with Crippen LogP contribution in [0.1, 0.15) is 0 Å². The maximum absolute atomic E-state index is 3.75. The fourth-order valence-electron chi connectivity index (χ4n) is 0.382. The largest absolute Gasteiger partial charge is 0.297 e. The predicted octanol–water partition coefficient (Wildman–Crippen LogP) is 0.781. The molecule has 1 N–H and O–H groups in total. The molecule has 0 unspecified atom stereocenters. The highest BCUT2D eigenvalue weighted by Gasteiger charge is 1.78. The van der Waals surface area contributed by atoms with Crippen molar-refractivity contribution in [3.05, 3.63) is 24.9 Å². The molecule has 0 spiro atoms. The van der Waals surface area contributed by atoms with Gasteiger partial charge in [-0.25, -0.2) is 0 Å². The highest BCUT2D eigenvalue weighted by Crippen LogP contribution is 1.76. The van der Waals surface area contributed by atoms with Crippen LogP contribution in [0.25, 0.3) is 0 Å². The number of allylic oxidation sites excluding steroid dienone is 2.